The van der Waals surface area contributed by atoms with Crippen LogP contribution in [0.3, 0.4) is 0 Å². The number of nitrogens with one attached hydrogen (secondary N) is 1. The zero-order valence-corrected chi connectivity index (χ0v) is 17.7. The van der Waals surface area contributed by atoms with Gasteiger partial charge < -0.3 is 10.1 Å². The molecule has 0 atom stereocenters. The first-order valence-electron chi connectivity index (χ1n) is 10.3. The molecule has 0 fully saturated rings. The van der Waals surface area contributed by atoms with Gasteiger partial charge in [0.2, 0.25) is 5.88 Å². The molecule has 0 saturated carbocycles. The number of ether oxygens (including phenoxy) is 1. The largest absolute Gasteiger partial charge is 0.478 e. The number of aromatic nitrogens is 2. The van der Waals surface area contributed by atoms with E-state index in [2.05, 4.69) is 22.2 Å². The van der Waals surface area contributed by atoms with Gasteiger partial charge in [-0.25, -0.2) is 14.4 Å². The Labute approximate surface area is 176 Å². The van der Waals surface area contributed by atoms with E-state index in [0.717, 1.165) is 28.5 Å². The molecule has 3 rings (SSSR count). The van der Waals surface area contributed by atoms with Gasteiger partial charge in [-0.15, -0.1) is 11.3 Å². The summed E-state index contributed by atoms with van der Waals surface area (Å²) in [6.45, 7) is 2.94. The molecule has 4 nitrogen and oxygen atoms in total. The fourth-order valence-electron chi connectivity index (χ4n) is 3.02. The lowest BCUT2D eigenvalue weighted by molar-refractivity contribution is 0.293. The minimum Gasteiger partial charge on any atom is -0.478 e. The Bertz CT molecular complexity index is 867. The molecular formula is C23H28FN3OS. The maximum atomic E-state index is 13.3. The van der Waals surface area contributed by atoms with Gasteiger partial charge >= 0.3 is 0 Å². The fourth-order valence-corrected chi connectivity index (χ4v) is 3.75. The van der Waals surface area contributed by atoms with Crippen LogP contribution in [0.15, 0.2) is 48.0 Å². The smallest absolute Gasteiger partial charge is 0.213 e. The Morgan fingerprint density at radius 2 is 1.93 bits per heavy atom. The van der Waals surface area contributed by atoms with E-state index in [1.807, 2.05) is 23.6 Å². The Hall–Kier alpha value is -2.47. The highest BCUT2D eigenvalue weighted by Gasteiger charge is 2.05. The van der Waals surface area contributed by atoms with Crippen LogP contribution < -0.4 is 10.1 Å². The number of pyridine rings is 1. The van der Waals surface area contributed by atoms with Gasteiger partial charge in [-0.2, -0.15) is 0 Å². The normalized spacial score (nSPS) is 10.8. The molecule has 0 saturated heterocycles. The average molecular weight is 414 g/mol. The maximum Gasteiger partial charge on any atom is 0.213 e. The minimum atomic E-state index is -0.221. The maximum absolute atomic E-state index is 13.3. The van der Waals surface area contributed by atoms with Crippen LogP contribution in [-0.4, -0.2) is 16.6 Å². The quantitative estimate of drug-likeness (QED) is 0.334. The molecule has 0 aliphatic carbocycles. The first kappa shape index (κ1) is 21.2. The number of hydrogen-bond donors (Lipinski definition) is 1. The summed E-state index contributed by atoms with van der Waals surface area (Å²) in [7, 11) is 0. The fraction of sp³-hybridized carbons (Fsp3) is 0.391. The molecule has 0 radical (unpaired) electrons. The third kappa shape index (κ3) is 7.46. The summed E-state index contributed by atoms with van der Waals surface area (Å²) in [5.74, 6) is 0.427. The molecule has 3 aromatic rings. The van der Waals surface area contributed by atoms with Crippen molar-refractivity contribution < 1.29 is 9.13 Å². The molecule has 1 aromatic carbocycles. The van der Waals surface area contributed by atoms with Gasteiger partial charge in [-0.05, 0) is 30.2 Å². The molecule has 0 bridgehead atoms. The van der Waals surface area contributed by atoms with Crippen LogP contribution in [0.4, 0.5) is 15.2 Å². The van der Waals surface area contributed by atoms with Gasteiger partial charge in [0.25, 0.3) is 0 Å². The number of nitrogens with zero attached hydrogens (tertiary/aromatic N) is 2. The van der Waals surface area contributed by atoms with Crippen LogP contribution in [-0.2, 0) is 6.42 Å². The molecule has 0 amide bonds. The van der Waals surface area contributed by atoms with E-state index in [0.29, 0.717) is 18.9 Å². The molecule has 154 valence electrons. The van der Waals surface area contributed by atoms with Crippen LogP contribution in [0.25, 0.3) is 0 Å². The number of unbranched alkanes of at least 4 members (excludes halogenated alkanes) is 5. The summed E-state index contributed by atoms with van der Waals surface area (Å²) in [5.41, 5.74) is 2.69. The Morgan fingerprint density at radius 3 is 2.72 bits per heavy atom. The highest BCUT2D eigenvalue weighted by atomic mass is 32.1. The molecule has 0 spiro atoms. The van der Waals surface area contributed by atoms with Gasteiger partial charge in [0.05, 0.1) is 24.2 Å². The third-order valence-electron chi connectivity index (χ3n) is 4.56. The van der Waals surface area contributed by atoms with E-state index in [4.69, 9.17) is 4.74 Å². The second-order valence-corrected chi connectivity index (χ2v) is 7.94. The second-order valence-electron chi connectivity index (χ2n) is 7.08. The molecular weight excluding hydrogens is 385 g/mol. The summed E-state index contributed by atoms with van der Waals surface area (Å²) in [6, 6.07) is 10.4. The first-order valence-corrected chi connectivity index (χ1v) is 11.2. The Balaban J connectivity index is 1.42. The lowest BCUT2D eigenvalue weighted by Crippen LogP contribution is -1.99. The molecule has 1 N–H and O–H groups in total. The Morgan fingerprint density at radius 1 is 1.07 bits per heavy atom. The zero-order chi connectivity index (χ0) is 20.3. The molecule has 0 aliphatic rings. The molecule has 0 aliphatic heterocycles. The molecule has 29 heavy (non-hydrogen) atoms. The summed E-state index contributed by atoms with van der Waals surface area (Å²) in [5, 5.41) is 6.04. The van der Waals surface area contributed by atoms with E-state index < -0.39 is 0 Å². The third-order valence-corrected chi connectivity index (χ3v) is 5.37. The van der Waals surface area contributed by atoms with Crippen molar-refractivity contribution in [3.8, 4) is 5.88 Å². The van der Waals surface area contributed by atoms with Crippen LogP contribution >= 0.6 is 11.3 Å². The predicted octanol–water partition coefficient (Wildman–Crippen LogP) is 6.75. The molecule has 2 aromatic heterocycles. The van der Waals surface area contributed by atoms with E-state index >= 15 is 0 Å². The van der Waals surface area contributed by atoms with E-state index in [1.165, 1.54) is 49.5 Å². The number of benzene rings is 1. The summed E-state index contributed by atoms with van der Waals surface area (Å²) in [6.07, 6.45) is 9.83. The number of anilines is 2. The summed E-state index contributed by atoms with van der Waals surface area (Å²) < 4.78 is 19.0. The standard InChI is InChI=1S/C23H28FN3OS/c1-2-3-4-5-6-7-13-28-22-12-11-20(16-25-22)26-23-27-21(17-29-23)15-18-9-8-10-19(24)14-18/h8-12,14,16-17H,2-7,13,15H2,1H3,(H,26,27). The second kappa shape index (κ2) is 11.5. The van der Waals surface area contributed by atoms with Gasteiger partial charge in [0.15, 0.2) is 5.13 Å². The van der Waals surface area contributed by atoms with Crippen molar-refractivity contribution in [3.63, 3.8) is 0 Å². The van der Waals surface area contributed by atoms with Crippen molar-refractivity contribution in [3.05, 3.63) is 65.0 Å². The summed E-state index contributed by atoms with van der Waals surface area (Å²) >= 11 is 1.52. The van der Waals surface area contributed by atoms with E-state index in [1.54, 1.807) is 18.3 Å². The van der Waals surface area contributed by atoms with Crippen LogP contribution in [0.1, 0.15) is 56.7 Å². The topological polar surface area (TPSA) is 47.0 Å². The monoisotopic (exact) mass is 413 g/mol. The molecule has 0 unspecified atom stereocenters. The van der Waals surface area contributed by atoms with Gasteiger partial charge in [0, 0.05) is 17.9 Å². The van der Waals surface area contributed by atoms with Crippen LogP contribution in [0, 0.1) is 5.82 Å². The number of halogens is 1. The Kier molecular flexibility index (Phi) is 8.43. The van der Waals surface area contributed by atoms with Crippen molar-refractivity contribution in [2.24, 2.45) is 0 Å². The minimum absolute atomic E-state index is 0.221. The van der Waals surface area contributed by atoms with Crippen LogP contribution in [0.5, 0.6) is 5.88 Å². The number of rotatable bonds is 12. The van der Waals surface area contributed by atoms with Crippen molar-refractivity contribution in [1.29, 1.82) is 0 Å². The first-order chi connectivity index (χ1) is 14.2. The van der Waals surface area contributed by atoms with Crippen molar-refractivity contribution in [1.82, 2.24) is 9.97 Å². The zero-order valence-electron chi connectivity index (χ0n) is 16.9. The van der Waals surface area contributed by atoms with Crippen LogP contribution in [0.2, 0.25) is 0 Å². The van der Waals surface area contributed by atoms with Gasteiger partial charge in [0.1, 0.15) is 5.82 Å². The van der Waals surface area contributed by atoms with E-state index in [9.17, 15) is 4.39 Å². The lowest BCUT2D eigenvalue weighted by Gasteiger charge is -2.07. The molecule has 2 heterocycles. The molecule has 6 heteroatoms. The lowest BCUT2D eigenvalue weighted by atomic mass is 10.1. The number of hydrogen-bond acceptors (Lipinski definition) is 5. The van der Waals surface area contributed by atoms with Crippen molar-refractivity contribution >= 4 is 22.2 Å². The highest BCUT2D eigenvalue weighted by molar-refractivity contribution is 7.13. The number of thiazole rings is 1. The van der Waals surface area contributed by atoms with Crippen molar-refractivity contribution in [2.75, 3.05) is 11.9 Å². The highest BCUT2D eigenvalue weighted by Crippen LogP contribution is 2.23. The SMILES string of the molecule is CCCCCCCCOc1ccc(Nc2nc(Cc3cccc(F)c3)cs2)cn1. The predicted molar refractivity (Wildman–Crippen MR) is 118 cm³/mol. The van der Waals surface area contributed by atoms with Crippen molar-refractivity contribution in [2.45, 2.75) is 51.9 Å². The van der Waals surface area contributed by atoms with Gasteiger partial charge in [-0.1, -0.05) is 51.2 Å². The summed E-state index contributed by atoms with van der Waals surface area (Å²) in [4.78, 5) is 8.93. The van der Waals surface area contributed by atoms with E-state index in [-0.39, 0.29) is 5.82 Å². The average Bonchev–Trinajstić information content (AvgIpc) is 3.15. The van der Waals surface area contributed by atoms with Gasteiger partial charge in [-0.3, -0.25) is 0 Å².